The van der Waals surface area contributed by atoms with Crippen LogP contribution in [0.2, 0.25) is 0 Å². The van der Waals surface area contributed by atoms with E-state index in [0.717, 1.165) is 29.4 Å². The number of anilines is 1. The second kappa shape index (κ2) is 9.01. The summed E-state index contributed by atoms with van der Waals surface area (Å²) < 4.78 is 7.23. The highest BCUT2D eigenvalue weighted by Crippen LogP contribution is 2.50. The molecule has 10 heteroatoms. The third-order valence-corrected chi connectivity index (χ3v) is 9.09. The van der Waals surface area contributed by atoms with Crippen LogP contribution in [-0.2, 0) is 4.74 Å². The zero-order valence-corrected chi connectivity index (χ0v) is 20.9. The summed E-state index contributed by atoms with van der Waals surface area (Å²) in [6.07, 6.45) is 9.92. The van der Waals surface area contributed by atoms with Crippen molar-refractivity contribution in [1.29, 1.82) is 0 Å². The summed E-state index contributed by atoms with van der Waals surface area (Å²) >= 11 is 1.25. The Hall–Kier alpha value is -3.24. The maximum Gasteiger partial charge on any atom is 0.347 e. The number of hydrogen-bond acceptors (Lipinski definition) is 8. The lowest BCUT2D eigenvalue weighted by atomic mass is 9.95. The monoisotopic (exact) mass is 508 g/mol. The molecule has 1 saturated carbocycles. The minimum Gasteiger partial charge on any atom is -0.465 e. The second-order valence-electron chi connectivity index (χ2n) is 9.98. The number of aromatic nitrogens is 2. The van der Waals surface area contributed by atoms with Crippen molar-refractivity contribution in [2.24, 2.45) is 5.92 Å². The third kappa shape index (κ3) is 3.79. The number of imidazole rings is 1. The van der Waals surface area contributed by atoms with Crippen molar-refractivity contribution < 1.29 is 19.6 Å². The van der Waals surface area contributed by atoms with E-state index in [1.807, 2.05) is 35.5 Å². The van der Waals surface area contributed by atoms with E-state index < -0.39 is 17.0 Å². The molecule has 2 aliphatic carbocycles. The highest BCUT2D eigenvalue weighted by Gasteiger charge is 2.40. The van der Waals surface area contributed by atoms with Crippen molar-refractivity contribution in [2.45, 2.75) is 50.7 Å². The van der Waals surface area contributed by atoms with Crippen molar-refractivity contribution in [3.63, 3.8) is 0 Å². The molecule has 0 unspecified atom stereocenters. The SMILES string of the molecule is COC(=O)c1c(N2CC3=C[C@H](O)C[C@@H]3C2)sc(-c2ccc3c(c2)ncn3C2CCCCC2)c1[N+](=O)[O-]. The number of nitro groups is 1. The Bertz CT molecular complexity index is 1390. The first-order chi connectivity index (χ1) is 17.4. The fraction of sp³-hybridized carbons (Fsp3) is 0.462. The second-order valence-corrected chi connectivity index (χ2v) is 11.0. The normalized spacial score (nSPS) is 22.2. The highest BCUT2D eigenvalue weighted by atomic mass is 32.1. The van der Waals surface area contributed by atoms with E-state index in [-0.39, 0.29) is 17.2 Å². The molecular weight excluding hydrogens is 480 g/mol. The lowest BCUT2D eigenvalue weighted by Gasteiger charge is -2.23. The van der Waals surface area contributed by atoms with Crippen molar-refractivity contribution in [3.05, 3.63) is 51.9 Å². The molecule has 3 aliphatic rings. The van der Waals surface area contributed by atoms with Crippen LogP contribution < -0.4 is 4.90 Å². The molecule has 1 N–H and O–H groups in total. The Balaban J connectivity index is 1.44. The van der Waals surface area contributed by atoms with Crippen LogP contribution in [0.3, 0.4) is 0 Å². The standard InChI is InChI=1S/C26H28N4O5S/c1-35-26(32)22-23(30(33)34)24(36-25(22)28-12-16-9-19(31)10-17(16)13-28)15-7-8-21-20(11-15)27-14-29(21)18-5-3-2-4-6-18/h7-9,11,14,17-19,31H,2-6,10,12-13H2,1H3/t17-,19+/m1/s1. The van der Waals surface area contributed by atoms with Gasteiger partial charge in [-0.05, 0) is 37.0 Å². The van der Waals surface area contributed by atoms with Gasteiger partial charge in [-0.1, -0.05) is 31.4 Å². The summed E-state index contributed by atoms with van der Waals surface area (Å²) in [5.41, 5.74) is 3.37. The number of aliphatic hydroxyl groups excluding tert-OH is 1. The molecule has 1 aromatic carbocycles. The predicted molar refractivity (Wildman–Crippen MR) is 138 cm³/mol. The van der Waals surface area contributed by atoms with E-state index in [9.17, 15) is 20.0 Å². The maximum absolute atomic E-state index is 12.8. The molecule has 0 spiro atoms. The van der Waals surface area contributed by atoms with Crippen LogP contribution in [0.15, 0.2) is 36.2 Å². The van der Waals surface area contributed by atoms with Crippen molar-refractivity contribution in [2.75, 3.05) is 25.1 Å². The van der Waals surface area contributed by atoms with Gasteiger partial charge in [-0.25, -0.2) is 9.78 Å². The Kier molecular flexibility index (Phi) is 5.80. The number of methoxy groups -OCH3 is 1. The van der Waals surface area contributed by atoms with Crippen LogP contribution in [0.5, 0.6) is 0 Å². The number of ether oxygens (including phenoxy) is 1. The Morgan fingerprint density at radius 1 is 1.28 bits per heavy atom. The number of carbonyl (C=O) groups is 1. The van der Waals surface area contributed by atoms with Gasteiger partial charge in [-0.3, -0.25) is 10.1 Å². The van der Waals surface area contributed by atoms with Gasteiger partial charge in [0.2, 0.25) is 0 Å². The molecule has 3 heterocycles. The Morgan fingerprint density at radius 3 is 2.81 bits per heavy atom. The number of aliphatic hydroxyl groups is 1. The van der Waals surface area contributed by atoms with E-state index in [2.05, 4.69) is 9.55 Å². The van der Waals surface area contributed by atoms with Crippen LogP contribution in [0.4, 0.5) is 10.7 Å². The highest BCUT2D eigenvalue weighted by molar-refractivity contribution is 7.20. The summed E-state index contributed by atoms with van der Waals surface area (Å²) in [6.45, 7) is 1.14. The first kappa shape index (κ1) is 23.2. The zero-order valence-electron chi connectivity index (χ0n) is 20.1. The predicted octanol–water partition coefficient (Wildman–Crippen LogP) is 5.09. The Morgan fingerprint density at radius 2 is 2.08 bits per heavy atom. The molecule has 3 aromatic rings. The minimum absolute atomic E-state index is 0.00328. The number of benzene rings is 1. The molecule has 6 rings (SSSR count). The van der Waals surface area contributed by atoms with Gasteiger partial charge in [0.1, 0.15) is 9.88 Å². The molecule has 1 saturated heterocycles. The maximum atomic E-state index is 12.8. The average Bonchev–Trinajstić information content (AvgIpc) is 3.63. The molecule has 0 radical (unpaired) electrons. The van der Waals surface area contributed by atoms with Crippen LogP contribution in [0, 0.1) is 16.0 Å². The van der Waals surface area contributed by atoms with Gasteiger partial charge in [0.15, 0.2) is 5.56 Å². The van der Waals surface area contributed by atoms with Gasteiger partial charge in [0.25, 0.3) is 0 Å². The molecule has 188 valence electrons. The summed E-state index contributed by atoms with van der Waals surface area (Å²) in [4.78, 5) is 31.7. The summed E-state index contributed by atoms with van der Waals surface area (Å²) in [6, 6.07) is 6.20. The van der Waals surface area contributed by atoms with E-state index in [4.69, 9.17) is 4.74 Å². The number of carbonyl (C=O) groups excluding carboxylic acids is 1. The number of fused-ring (bicyclic) bond motifs is 2. The number of nitrogens with zero attached hydrogens (tertiary/aromatic N) is 4. The number of hydrogen-bond donors (Lipinski definition) is 1. The van der Waals surface area contributed by atoms with Gasteiger partial charge >= 0.3 is 11.7 Å². The number of esters is 1. The first-order valence-electron chi connectivity index (χ1n) is 12.4. The van der Waals surface area contributed by atoms with Crippen molar-refractivity contribution >= 4 is 39.0 Å². The number of rotatable bonds is 5. The number of thiophene rings is 1. The molecule has 0 amide bonds. The lowest BCUT2D eigenvalue weighted by Crippen LogP contribution is -2.22. The average molecular weight is 509 g/mol. The van der Waals surface area contributed by atoms with E-state index in [1.54, 1.807) is 0 Å². The fourth-order valence-corrected chi connectivity index (χ4v) is 7.35. The zero-order chi connectivity index (χ0) is 25.0. The molecule has 2 fully saturated rings. The smallest absolute Gasteiger partial charge is 0.347 e. The molecular formula is C26H28N4O5S. The van der Waals surface area contributed by atoms with E-state index >= 15 is 0 Å². The van der Waals surface area contributed by atoms with Gasteiger partial charge in [0, 0.05) is 30.6 Å². The summed E-state index contributed by atoms with van der Waals surface area (Å²) in [5, 5.41) is 22.8. The largest absolute Gasteiger partial charge is 0.465 e. The van der Waals surface area contributed by atoms with Gasteiger partial charge in [-0.2, -0.15) is 0 Å². The first-order valence-corrected chi connectivity index (χ1v) is 13.3. The van der Waals surface area contributed by atoms with E-state index in [0.29, 0.717) is 41.0 Å². The van der Waals surface area contributed by atoms with Gasteiger partial charge in [0.05, 0.1) is 35.5 Å². The summed E-state index contributed by atoms with van der Waals surface area (Å²) in [5.74, 6) is -0.525. The fourth-order valence-electron chi connectivity index (χ4n) is 6.09. The topological polar surface area (TPSA) is 111 Å². The molecule has 9 nitrogen and oxygen atoms in total. The quantitative estimate of drug-likeness (QED) is 0.221. The van der Waals surface area contributed by atoms with Gasteiger partial charge in [-0.15, -0.1) is 11.3 Å². The molecule has 36 heavy (non-hydrogen) atoms. The Labute approximate surface area is 212 Å². The third-order valence-electron chi connectivity index (χ3n) is 7.80. The molecule has 2 aromatic heterocycles. The molecule has 0 bridgehead atoms. The van der Waals surface area contributed by atoms with Crippen LogP contribution >= 0.6 is 11.3 Å². The van der Waals surface area contributed by atoms with Crippen molar-refractivity contribution in [3.8, 4) is 10.4 Å². The molecule has 2 atom stereocenters. The van der Waals surface area contributed by atoms with Crippen LogP contribution in [-0.4, -0.2) is 51.9 Å². The summed E-state index contributed by atoms with van der Waals surface area (Å²) in [7, 11) is 1.24. The van der Waals surface area contributed by atoms with Crippen LogP contribution in [0.25, 0.3) is 21.5 Å². The molecule has 1 aliphatic heterocycles. The minimum atomic E-state index is -0.715. The van der Waals surface area contributed by atoms with Crippen molar-refractivity contribution in [1.82, 2.24) is 9.55 Å². The van der Waals surface area contributed by atoms with Crippen LogP contribution in [0.1, 0.15) is 54.9 Å². The van der Waals surface area contributed by atoms with Gasteiger partial charge < -0.3 is 19.3 Å². The lowest BCUT2D eigenvalue weighted by molar-refractivity contribution is -0.384. The van der Waals surface area contributed by atoms with E-state index in [1.165, 1.54) is 37.7 Å².